The molecule has 0 radical (unpaired) electrons. The highest BCUT2D eigenvalue weighted by Gasteiger charge is 2.29. The van der Waals surface area contributed by atoms with Crippen LogP contribution in [0.4, 0.5) is 10.1 Å². The highest BCUT2D eigenvalue weighted by atomic mass is 35.5. The van der Waals surface area contributed by atoms with Gasteiger partial charge in [0.1, 0.15) is 5.82 Å². The molecule has 3 rings (SSSR count). The second-order valence-corrected chi connectivity index (χ2v) is 5.47. The summed E-state index contributed by atoms with van der Waals surface area (Å²) in [4.78, 5) is 11.3. The number of amides is 1. The fourth-order valence-electron chi connectivity index (χ4n) is 2.49. The maximum absolute atomic E-state index is 13.6. The number of hydrogen-bond donors (Lipinski definition) is 2. The third-order valence-electron chi connectivity index (χ3n) is 3.47. The molecule has 0 aromatic heterocycles. The molecule has 0 saturated heterocycles. The summed E-state index contributed by atoms with van der Waals surface area (Å²) in [5, 5.41) is 12.8. The van der Waals surface area contributed by atoms with E-state index in [2.05, 4.69) is 5.32 Å². The van der Waals surface area contributed by atoms with Crippen molar-refractivity contribution >= 4 is 35.8 Å². The van der Waals surface area contributed by atoms with Crippen LogP contribution in [0.15, 0.2) is 30.3 Å². The highest BCUT2D eigenvalue weighted by Crippen LogP contribution is 2.35. The van der Waals surface area contributed by atoms with Crippen LogP contribution in [-0.2, 0) is 16.1 Å². The number of hydrogen-bond acceptors (Lipinski definition) is 3. The molecule has 1 aliphatic rings. The molecule has 0 bridgehead atoms. The largest absolute Gasteiger partial charge is 0.491 e. The monoisotopic (exact) mass is 319 g/mol. The number of rotatable bonds is 2. The topological polar surface area (TPSA) is 58.6 Å². The lowest BCUT2D eigenvalue weighted by Crippen LogP contribution is -2.28. The number of benzene rings is 2. The molecule has 0 atom stereocenters. The molecule has 112 valence electrons. The smallest absolute Gasteiger partial charge is 0.423 e. The van der Waals surface area contributed by atoms with Crippen molar-refractivity contribution in [3.05, 3.63) is 46.7 Å². The van der Waals surface area contributed by atoms with Gasteiger partial charge in [0.05, 0.1) is 6.61 Å². The van der Waals surface area contributed by atoms with Crippen molar-refractivity contribution in [2.45, 2.75) is 13.5 Å². The van der Waals surface area contributed by atoms with E-state index < -0.39 is 12.9 Å². The van der Waals surface area contributed by atoms with Crippen LogP contribution in [0.1, 0.15) is 12.5 Å². The fraction of sp³-hybridized carbons (Fsp3) is 0.133. The molecule has 1 aliphatic heterocycles. The van der Waals surface area contributed by atoms with Crippen molar-refractivity contribution < 1.29 is 18.9 Å². The molecule has 2 aromatic rings. The van der Waals surface area contributed by atoms with E-state index in [0.29, 0.717) is 27.3 Å². The molecular formula is C15H12BClFNO3. The standard InChI is InChI=1S/C15H12BClFNO3/c1-8(20)19-15-3-2-10(18)5-12(15)11-6-13-9(4-14(11)17)7-22-16(13)21/h2-6,21H,7H2,1H3,(H,19,20). The van der Waals surface area contributed by atoms with Crippen LogP contribution >= 0.6 is 11.6 Å². The van der Waals surface area contributed by atoms with Crippen LogP contribution in [-0.4, -0.2) is 18.0 Å². The Labute approximate surface area is 132 Å². The maximum atomic E-state index is 13.6. The van der Waals surface area contributed by atoms with Crippen molar-refractivity contribution in [1.29, 1.82) is 0 Å². The van der Waals surface area contributed by atoms with E-state index in [1.165, 1.54) is 25.1 Å². The van der Waals surface area contributed by atoms with Crippen molar-refractivity contribution in [2.75, 3.05) is 5.32 Å². The normalized spacial score (nSPS) is 13.2. The van der Waals surface area contributed by atoms with Gasteiger partial charge < -0.3 is 15.0 Å². The molecule has 0 unspecified atom stereocenters. The number of carbonyl (C=O) groups is 1. The van der Waals surface area contributed by atoms with Crippen LogP contribution < -0.4 is 10.8 Å². The summed E-state index contributed by atoms with van der Waals surface area (Å²) in [5.41, 5.74) is 2.80. The van der Waals surface area contributed by atoms with Gasteiger partial charge in [-0.1, -0.05) is 17.7 Å². The minimum absolute atomic E-state index is 0.270. The van der Waals surface area contributed by atoms with Crippen molar-refractivity contribution in [1.82, 2.24) is 0 Å². The first-order chi connectivity index (χ1) is 10.5. The Morgan fingerprint density at radius 3 is 2.86 bits per heavy atom. The second kappa shape index (κ2) is 5.72. The molecule has 2 N–H and O–H groups in total. The average molecular weight is 320 g/mol. The van der Waals surface area contributed by atoms with Gasteiger partial charge in [-0.25, -0.2) is 4.39 Å². The third kappa shape index (κ3) is 2.73. The quantitative estimate of drug-likeness (QED) is 0.835. The van der Waals surface area contributed by atoms with Crippen molar-refractivity contribution in [3.63, 3.8) is 0 Å². The van der Waals surface area contributed by atoms with Crippen LogP contribution in [0, 0.1) is 5.82 Å². The van der Waals surface area contributed by atoms with Gasteiger partial charge in [-0.05, 0) is 35.3 Å². The van der Waals surface area contributed by atoms with Gasteiger partial charge in [-0.3, -0.25) is 4.79 Å². The first kappa shape index (κ1) is 15.0. The summed E-state index contributed by atoms with van der Waals surface area (Å²) in [6.07, 6.45) is 0. The molecule has 0 spiro atoms. The Morgan fingerprint density at radius 2 is 2.14 bits per heavy atom. The Morgan fingerprint density at radius 1 is 1.36 bits per heavy atom. The SMILES string of the molecule is CC(=O)Nc1ccc(F)cc1-c1cc2c(cc1Cl)COB2O. The second-order valence-electron chi connectivity index (χ2n) is 5.07. The van der Waals surface area contributed by atoms with E-state index in [1.807, 2.05) is 0 Å². The zero-order valence-corrected chi connectivity index (χ0v) is 12.4. The average Bonchev–Trinajstić information content (AvgIpc) is 2.80. The molecule has 4 nitrogen and oxygen atoms in total. The third-order valence-corrected chi connectivity index (χ3v) is 3.79. The number of carbonyl (C=O) groups excluding carboxylic acids is 1. The van der Waals surface area contributed by atoms with Crippen LogP contribution in [0.25, 0.3) is 11.1 Å². The summed E-state index contributed by atoms with van der Waals surface area (Å²) in [7, 11) is -1.02. The minimum atomic E-state index is -1.02. The number of fused-ring (bicyclic) bond motifs is 1. The molecule has 7 heteroatoms. The van der Waals surface area contributed by atoms with E-state index in [9.17, 15) is 14.2 Å². The first-order valence-corrected chi connectivity index (χ1v) is 7.03. The number of nitrogens with one attached hydrogen (secondary N) is 1. The number of halogens is 2. The molecule has 0 saturated carbocycles. The van der Waals surface area contributed by atoms with Gasteiger partial charge in [0, 0.05) is 28.8 Å². The maximum Gasteiger partial charge on any atom is 0.491 e. The van der Waals surface area contributed by atoms with E-state index >= 15 is 0 Å². The van der Waals surface area contributed by atoms with E-state index in [1.54, 1.807) is 12.1 Å². The summed E-state index contributed by atoms with van der Waals surface area (Å²) in [5.74, 6) is -0.717. The lowest BCUT2D eigenvalue weighted by Gasteiger charge is -2.13. The van der Waals surface area contributed by atoms with Gasteiger partial charge in [0.15, 0.2) is 0 Å². The summed E-state index contributed by atoms with van der Waals surface area (Å²) in [6.45, 7) is 1.65. The lowest BCUT2D eigenvalue weighted by atomic mass is 9.78. The van der Waals surface area contributed by atoms with E-state index in [-0.39, 0.29) is 12.5 Å². The molecule has 1 heterocycles. The Balaban J connectivity index is 2.17. The molecular weight excluding hydrogens is 307 g/mol. The van der Waals surface area contributed by atoms with Gasteiger partial charge in [0.25, 0.3) is 0 Å². The number of anilines is 1. The van der Waals surface area contributed by atoms with Gasteiger partial charge in [-0.15, -0.1) is 0 Å². The van der Waals surface area contributed by atoms with Crippen molar-refractivity contribution in [2.24, 2.45) is 0 Å². The van der Waals surface area contributed by atoms with Crippen molar-refractivity contribution in [3.8, 4) is 11.1 Å². The highest BCUT2D eigenvalue weighted by molar-refractivity contribution is 6.61. The molecule has 0 fully saturated rings. The predicted molar refractivity (Wildman–Crippen MR) is 83.5 cm³/mol. The predicted octanol–water partition coefficient (Wildman–Crippen LogP) is 2.32. The molecule has 0 aliphatic carbocycles. The van der Waals surface area contributed by atoms with Crippen LogP contribution in [0.5, 0.6) is 0 Å². The fourth-order valence-corrected chi connectivity index (χ4v) is 2.78. The van der Waals surface area contributed by atoms with E-state index in [4.69, 9.17) is 16.3 Å². The summed E-state index contributed by atoms with van der Waals surface area (Å²) in [6, 6.07) is 7.37. The van der Waals surface area contributed by atoms with Crippen LogP contribution in [0.2, 0.25) is 5.02 Å². The molecule has 22 heavy (non-hydrogen) atoms. The Hall–Kier alpha value is -1.89. The molecule has 1 amide bonds. The lowest BCUT2D eigenvalue weighted by molar-refractivity contribution is -0.114. The van der Waals surface area contributed by atoms with Gasteiger partial charge in [-0.2, -0.15) is 0 Å². The Bertz CT molecular complexity index is 769. The minimum Gasteiger partial charge on any atom is -0.423 e. The van der Waals surface area contributed by atoms with E-state index in [0.717, 1.165) is 5.56 Å². The zero-order valence-electron chi connectivity index (χ0n) is 11.7. The van der Waals surface area contributed by atoms with Gasteiger partial charge in [0.2, 0.25) is 5.91 Å². The summed E-state index contributed by atoms with van der Waals surface area (Å²) >= 11 is 6.28. The van der Waals surface area contributed by atoms with Gasteiger partial charge >= 0.3 is 7.12 Å². The zero-order chi connectivity index (χ0) is 15.9. The Kier molecular flexibility index (Phi) is 3.91. The summed E-state index contributed by atoms with van der Waals surface area (Å²) < 4.78 is 18.8. The molecule has 2 aromatic carbocycles. The first-order valence-electron chi connectivity index (χ1n) is 6.65. The van der Waals surface area contributed by atoms with Crippen LogP contribution in [0.3, 0.4) is 0 Å².